The minimum atomic E-state index is -0.571. The average Bonchev–Trinajstić information content (AvgIpc) is 2.26. The SMILES string of the molecule is C/C(O)=C(\C=C(/C)CN1CCOCC1)[N+](=O)[O-]. The Kier molecular flexibility index (Phi) is 5.11. The molecule has 0 radical (unpaired) electrons. The molecule has 6 heteroatoms. The molecule has 1 rings (SSSR count). The van der Waals surface area contributed by atoms with Crippen molar-refractivity contribution < 1.29 is 14.8 Å². The summed E-state index contributed by atoms with van der Waals surface area (Å²) >= 11 is 0. The van der Waals surface area contributed by atoms with Crippen LogP contribution in [0.4, 0.5) is 0 Å². The molecule has 1 saturated heterocycles. The molecule has 1 aliphatic rings. The molecule has 0 aliphatic carbocycles. The fraction of sp³-hybridized carbons (Fsp3) is 0.636. The third kappa shape index (κ3) is 4.54. The number of allylic oxidation sites excluding steroid dienone is 2. The number of hydrogen-bond donors (Lipinski definition) is 1. The molecule has 6 nitrogen and oxygen atoms in total. The predicted molar refractivity (Wildman–Crippen MR) is 63.3 cm³/mol. The Bertz CT molecular complexity index is 339. The summed E-state index contributed by atoms with van der Waals surface area (Å²) in [4.78, 5) is 12.3. The second-order valence-electron chi connectivity index (χ2n) is 4.11. The van der Waals surface area contributed by atoms with E-state index in [9.17, 15) is 15.2 Å². The van der Waals surface area contributed by atoms with Crippen LogP contribution in [0.5, 0.6) is 0 Å². The molecule has 0 amide bonds. The van der Waals surface area contributed by atoms with E-state index in [-0.39, 0.29) is 11.5 Å². The van der Waals surface area contributed by atoms with Crippen LogP contribution < -0.4 is 0 Å². The van der Waals surface area contributed by atoms with E-state index in [1.165, 1.54) is 13.0 Å². The van der Waals surface area contributed by atoms with Gasteiger partial charge in [-0.15, -0.1) is 0 Å². The van der Waals surface area contributed by atoms with Crippen LogP contribution in [0.2, 0.25) is 0 Å². The number of nitrogens with zero attached hydrogens (tertiary/aromatic N) is 2. The summed E-state index contributed by atoms with van der Waals surface area (Å²) in [6.07, 6.45) is 1.42. The van der Waals surface area contributed by atoms with Gasteiger partial charge in [0.25, 0.3) is 0 Å². The van der Waals surface area contributed by atoms with E-state index in [4.69, 9.17) is 4.74 Å². The number of aliphatic hydroxyl groups is 1. The zero-order chi connectivity index (χ0) is 12.8. The van der Waals surface area contributed by atoms with E-state index in [2.05, 4.69) is 4.90 Å². The highest BCUT2D eigenvalue weighted by atomic mass is 16.6. The Balaban J connectivity index is 2.64. The Morgan fingerprint density at radius 2 is 2.06 bits per heavy atom. The maximum Gasteiger partial charge on any atom is 0.306 e. The third-order valence-electron chi connectivity index (χ3n) is 2.53. The van der Waals surface area contributed by atoms with Crippen LogP contribution in [0.1, 0.15) is 13.8 Å². The molecule has 1 aliphatic heterocycles. The maximum absolute atomic E-state index is 10.7. The average molecular weight is 242 g/mol. The maximum atomic E-state index is 10.7. The van der Waals surface area contributed by atoms with Crippen molar-refractivity contribution in [2.75, 3.05) is 32.8 Å². The van der Waals surface area contributed by atoms with Crippen molar-refractivity contribution in [1.82, 2.24) is 4.90 Å². The number of rotatable bonds is 4. The Labute approximate surface area is 100 Å². The van der Waals surface area contributed by atoms with Gasteiger partial charge in [0.15, 0.2) is 5.76 Å². The second kappa shape index (κ2) is 6.36. The van der Waals surface area contributed by atoms with Gasteiger partial charge in [0.2, 0.25) is 0 Å². The molecule has 0 unspecified atom stereocenters. The lowest BCUT2D eigenvalue weighted by Gasteiger charge is -2.26. The summed E-state index contributed by atoms with van der Waals surface area (Å²) in [6, 6.07) is 0. The zero-order valence-corrected chi connectivity index (χ0v) is 10.2. The molecule has 1 fully saturated rings. The minimum Gasteiger partial charge on any atom is -0.506 e. The van der Waals surface area contributed by atoms with E-state index in [0.717, 1.165) is 18.7 Å². The lowest BCUT2D eigenvalue weighted by Crippen LogP contribution is -2.37. The van der Waals surface area contributed by atoms with Crippen LogP contribution >= 0.6 is 0 Å². The van der Waals surface area contributed by atoms with Crippen molar-refractivity contribution in [3.63, 3.8) is 0 Å². The van der Waals surface area contributed by atoms with Gasteiger partial charge in [-0.1, -0.05) is 5.57 Å². The Morgan fingerprint density at radius 3 is 2.53 bits per heavy atom. The van der Waals surface area contributed by atoms with Crippen molar-refractivity contribution in [2.45, 2.75) is 13.8 Å². The second-order valence-corrected chi connectivity index (χ2v) is 4.11. The smallest absolute Gasteiger partial charge is 0.306 e. The topological polar surface area (TPSA) is 75.8 Å². The first-order chi connectivity index (χ1) is 8.00. The molecule has 17 heavy (non-hydrogen) atoms. The quantitative estimate of drug-likeness (QED) is 0.348. The summed E-state index contributed by atoms with van der Waals surface area (Å²) in [5, 5.41) is 19.9. The highest BCUT2D eigenvalue weighted by Crippen LogP contribution is 2.09. The van der Waals surface area contributed by atoms with Crippen LogP contribution in [-0.2, 0) is 4.74 Å². The lowest BCUT2D eigenvalue weighted by atomic mass is 10.2. The first-order valence-electron chi connectivity index (χ1n) is 5.52. The van der Waals surface area contributed by atoms with Crippen LogP contribution in [0.25, 0.3) is 0 Å². The molecule has 0 aromatic rings. The predicted octanol–water partition coefficient (Wildman–Crippen LogP) is 1.33. The highest BCUT2D eigenvalue weighted by molar-refractivity contribution is 5.19. The van der Waals surface area contributed by atoms with Gasteiger partial charge >= 0.3 is 5.70 Å². The lowest BCUT2D eigenvalue weighted by molar-refractivity contribution is -0.422. The van der Waals surface area contributed by atoms with Gasteiger partial charge in [0.05, 0.1) is 18.1 Å². The van der Waals surface area contributed by atoms with E-state index in [0.29, 0.717) is 19.8 Å². The van der Waals surface area contributed by atoms with Crippen molar-refractivity contribution in [3.8, 4) is 0 Å². The van der Waals surface area contributed by atoms with Gasteiger partial charge in [-0.3, -0.25) is 15.0 Å². The van der Waals surface area contributed by atoms with E-state index in [1.54, 1.807) is 0 Å². The summed E-state index contributed by atoms with van der Waals surface area (Å²) < 4.78 is 5.22. The fourth-order valence-electron chi connectivity index (χ4n) is 1.68. The number of nitro groups is 1. The first kappa shape index (κ1) is 13.7. The van der Waals surface area contributed by atoms with Gasteiger partial charge in [-0.05, 0) is 6.92 Å². The number of hydrogen-bond acceptors (Lipinski definition) is 5. The molecule has 0 aromatic carbocycles. The molecule has 96 valence electrons. The Hall–Kier alpha value is -1.40. The number of ether oxygens (including phenoxy) is 1. The molecule has 0 saturated carbocycles. The normalized spacial score (nSPS) is 20.0. The van der Waals surface area contributed by atoms with E-state index >= 15 is 0 Å². The molecule has 1 heterocycles. The minimum absolute atomic E-state index is 0.240. The van der Waals surface area contributed by atoms with Crippen LogP contribution in [0.3, 0.4) is 0 Å². The summed E-state index contributed by atoms with van der Waals surface area (Å²) in [5.74, 6) is -0.267. The van der Waals surface area contributed by atoms with Gasteiger partial charge in [-0.2, -0.15) is 0 Å². The molecular formula is C11H18N2O4. The van der Waals surface area contributed by atoms with Gasteiger partial charge in [0, 0.05) is 32.6 Å². The largest absolute Gasteiger partial charge is 0.506 e. The van der Waals surface area contributed by atoms with Gasteiger partial charge < -0.3 is 9.84 Å². The van der Waals surface area contributed by atoms with Crippen molar-refractivity contribution in [3.05, 3.63) is 33.2 Å². The van der Waals surface area contributed by atoms with Gasteiger partial charge in [0.1, 0.15) is 0 Å². The summed E-state index contributed by atoms with van der Waals surface area (Å²) in [5.41, 5.74) is 0.614. The van der Waals surface area contributed by atoms with Crippen molar-refractivity contribution in [1.29, 1.82) is 0 Å². The first-order valence-corrected chi connectivity index (χ1v) is 5.52. The third-order valence-corrected chi connectivity index (χ3v) is 2.53. The molecular weight excluding hydrogens is 224 g/mol. The zero-order valence-electron chi connectivity index (χ0n) is 10.2. The van der Waals surface area contributed by atoms with Crippen LogP contribution in [0, 0.1) is 10.1 Å². The number of aliphatic hydroxyl groups excluding tert-OH is 1. The number of morpholine rings is 1. The van der Waals surface area contributed by atoms with Gasteiger partial charge in [-0.25, -0.2) is 0 Å². The summed E-state index contributed by atoms with van der Waals surface area (Å²) in [7, 11) is 0. The van der Waals surface area contributed by atoms with Crippen LogP contribution in [-0.4, -0.2) is 47.8 Å². The molecule has 1 N–H and O–H groups in total. The van der Waals surface area contributed by atoms with E-state index in [1.807, 2.05) is 6.92 Å². The molecule has 0 aromatic heterocycles. The molecule has 0 spiro atoms. The van der Waals surface area contributed by atoms with Crippen molar-refractivity contribution in [2.24, 2.45) is 0 Å². The fourth-order valence-corrected chi connectivity index (χ4v) is 1.68. The monoisotopic (exact) mass is 242 g/mol. The van der Waals surface area contributed by atoms with Crippen LogP contribution in [0.15, 0.2) is 23.1 Å². The summed E-state index contributed by atoms with van der Waals surface area (Å²) in [6.45, 7) is 6.86. The standard InChI is InChI=1S/C11H18N2O4/c1-9(7-11(10(2)14)13(15)16)8-12-3-5-17-6-4-12/h7,14H,3-6,8H2,1-2H3/b9-7+,11-10-. The molecule has 0 atom stereocenters. The highest BCUT2D eigenvalue weighted by Gasteiger charge is 2.15. The van der Waals surface area contributed by atoms with Crippen molar-refractivity contribution >= 4 is 0 Å². The molecule has 0 bridgehead atoms. The van der Waals surface area contributed by atoms with E-state index < -0.39 is 4.92 Å². The Morgan fingerprint density at radius 1 is 1.47 bits per heavy atom.